The van der Waals surface area contributed by atoms with Crippen molar-refractivity contribution >= 4 is 31.9 Å². The van der Waals surface area contributed by atoms with Crippen molar-refractivity contribution in [2.24, 2.45) is 11.3 Å². The van der Waals surface area contributed by atoms with E-state index in [1.165, 1.54) is 6.07 Å². The Morgan fingerprint density at radius 3 is 2.72 bits per heavy atom. The molecule has 1 aliphatic carbocycles. The maximum atomic E-state index is 13.5. The van der Waals surface area contributed by atoms with Gasteiger partial charge in [-0.2, -0.15) is 0 Å². The van der Waals surface area contributed by atoms with Crippen LogP contribution in [0.4, 0.5) is 4.39 Å². The molecule has 2 rings (SSSR count). The van der Waals surface area contributed by atoms with Gasteiger partial charge in [0.05, 0.1) is 22.8 Å². The van der Waals surface area contributed by atoms with Crippen LogP contribution in [0.25, 0.3) is 0 Å². The van der Waals surface area contributed by atoms with Crippen LogP contribution in [0.1, 0.15) is 32.3 Å². The number of carbonyl (C=O) groups excluding carboxylic acids is 1. The lowest BCUT2D eigenvalue weighted by atomic mass is 9.74. The molecule has 1 aliphatic rings. The monoisotopic (exact) mass is 435 g/mol. The zero-order valence-electron chi connectivity index (χ0n) is 14.5. The third-order valence-electron chi connectivity index (χ3n) is 4.76. The summed E-state index contributed by atoms with van der Waals surface area (Å²) in [5.74, 6) is -0.777. The molecule has 1 fully saturated rings. The molecule has 0 bridgehead atoms. The van der Waals surface area contributed by atoms with Crippen LogP contribution in [0.5, 0.6) is 0 Å². The fourth-order valence-corrected chi connectivity index (χ4v) is 4.87. The van der Waals surface area contributed by atoms with Gasteiger partial charge in [-0.1, -0.05) is 13.0 Å². The van der Waals surface area contributed by atoms with Crippen molar-refractivity contribution in [3.05, 3.63) is 34.1 Å². The third kappa shape index (κ3) is 4.80. The molecule has 0 radical (unpaired) electrons. The Kier molecular flexibility index (Phi) is 6.27. The molecule has 0 unspecified atom stereocenters. The summed E-state index contributed by atoms with van der Waals surface area (Å²) >= 11 is 3.16. The summed E-state index contributed by atoms with van der Waals surface area (Å²) in [6, 6.07) is 4.33. The van der Waals surface area contributed by atoms with Crippen LogP contribution < -0.4 is 4.72 Å². The molecule has 1 aromatic carbocycles. The Morgan fingerprint density at radius 2 is 2.16 bits per heavy atom. The van der Waals surface area contributed by atoms with Gasteiger partial charge in [-0.3, -0.25) is 4.79 Å². The Bertz CT molecular complexity index is 755. The first-order chi connectivity index (χ1) is 11.6. The van der Waals surface area contributed by atoms with E-state index >= 15 is 0 Å². The first kappa shape index (κ1) is 20.3. The Labute approximate surface area is 156 Å². The summed E-state index contributed by atoms with van der Waals surface area (Å²) in [5.41, 5.74) is -0.0384. The maximum absolute atomic E-state index is 13.5. The van der Waals surface area contributed by atoms with Gasteiger partial charge >= 0.3 is 5.97 Å². The lowest BCUT2D eigenvalue weighted by Crippen LogP contribution is -2.39. The van der Waals surface area contributed by atoms with Crippen LogP contribution in [0.3, 0.4) is 0 Å². The van der Waals surface area contributed by atoms with E-state index in [1.807, 2.05) is 6.92 Å². The summed E-state index contributed by atoms with van der Waals surface area (Å²) in [4.78, 5) is 12.8. The van der Waals surface area contributed by atoms with Gasteiger partial charge in [0.15, 0.2) is 0 Å². The lowest BCUT2D eigenvalue weighted by molar-refractivity contribution is -0.157. The van der Waals surface area contributed by atoms with E-state index < -0.39 is 15.4 Å². The Morgan fingerprint density at radius 1 is 1.48 bits per heavy atom. The van der Waals surface area contributed by atoms with Crippen LogP contribution in [-0.2, 0) is 26.0 Å². The zero-order chi connectivity index (χ0) is 18.8. The minimum Gasteiger partial charge on any atom is -0.466 e. The van der Waals surface area contributed by atoms with E-state index in [0.717, 1.165) is 11.8 Å². The first-order valence-corrected chi connectivity index (χ1v) is 10.8. The summed E-state index contributed by atoms with van der Waals surface area (Å²) < 4.78 is 44.9. The van der Waals surface area contributed by atoms with Gasteiger partial charge in [0.25, 0.3) is 0 Å². The highest BCUT2D eigenvalue weighted by atomic mass is 79.9. The molecular formula is C17H23BrFNO4S. The van der Waals surface area contributed by atoms with Gasteiger partial charge in [0.1, 0.15) is 5.82 Å². The van der Waals surface area contributed by atoms with Gasteiger partial charge in [-0.15, -0.1) is 0 Å². The normalized spacial score (nSPS) is 26.6. The van der Waals surface area contributed by atoms with Crippen molar-refractivity contribution < 1.29 is 22.3 Å². The lowest BCUT2D eigenvalue weighted by Gasteiger charge is -2.31. The highest BCUT2D eigenvalue weighted by Crippen LogP contribution is 2.47. The number of carbonyl (C=O) groups is 1. The second-order valence-electron chi connectivity index (χ2n) is 6.73. The van der Waals surface area contributed by atoms with Gasteiger partial charge < -0.3 is 4.74 Å². The number of sulfonamides is 1. The number of hydrogen-bond acceptors (Lipinski definition) is 4. The SMILES string of the molecule is CCOC(=O)[C@]1(Cc2ccc(F)c(Br)c2)C[C@@H](NS(C)(=O)=O)C[C@@H]1C. The van der Waals surface area contributed by atoms with Gasteiger partial charge in [0, 0.05) is 6.04 Å². The van der Waals surface area contributed by atoms with Crippen LogP contribution in [0.15, 0.2) is 22.7 Å². The molecular weight excluding hydrogens is 413 g/mol. The van der Waals surface area contributed by atoms with Crippen molar-refractivity contribution in [1.82, 2.24) is 4.72 Å². The molecule has 1 saturated carbocycles. The maximum Gasteiger partial charge on any atom is 0.312 e. The number of esters is 1. The summed E-state index contributed by atoms with van der Waals surface area (Å²) in [6.45, 7) is 3.93. The molecule has 0 amide bonds. The zero-order valence-corrected chi connectivity index (χ0v) is 16.9. The van der Waals surface area contributed by atoms with Crippen LogP contribution in [-0.4, -0.2) is 33.3 Å². The van der Waals surface area contributed by atoms with Crippen molar-refractivity contribution in [1.29, 1.82) is 0 Å². The predicted molar refractivity (Wildman–Crippen MR) is 97.0 cm³/mol. The highest BCUT2D eigenvalue weighted by molar-refractivity contribution is 9.10. The summed E-state index contributed by atoms with van der Waals surface area (Å²) in [7, 11) is -3.36. The molecule has 25 heavy (non-hydrogen) atoms. The molecule has 8 heteroatoms. The van der Waals surface area contributed by atoms with Crippen LogP contribution >= 0.6 is 15.9 Å². The number of hydrogen-bond donors (Lipinski definition) is 1. The van der Waals surface area contributed by atoms with E-state index in [4.69, 9.17) is 4.74 Å². The van der Waals surface area contributed by atoms with E-state index in [9.17, 15) is 17.6 Å². The Balaban J connectivity index is 2.34. The van der Waals surface area contributed by atoms with E-state index in [1.54, 1.807) is 19.1 Å². The van der Waals surface area contributed by atoms with Crippen LogP contribution in [0.2, 0.25) is 0 Å². The van der Waals surface area contributed by atoms with Crippen LogP contribution in [0, 0.1) is 17.2 Å². The largest absolute Gasteiger partial charge is 0.466 e. The average molecular weight is 436 g/mol. The smallest absolute Gasteiger partial charge is 0.312 e. The molecule has 140 valence electrons. The molecule has 3 atom stereocenters. The molecule has 0 aliphatic heterocycles. The molecule has 0 aromatic heterocycles. The van der Waals surface area contributed by atoms with Crippen molar-refractivity contribution in [2.45, 2.75) is 39.2 Å². The van der Waals surface area contributed by atoms with Gasteiger partial charge in [-0.25, -0.2) is 17.5 Å². The topological polar surface area (TPSA) is 72.5 Å². The fourth-order valence-electron chi connectivity index (χ4n) is 3.66. The van der Waals surface area contributed by atoms with Gasteiger partial charge in [-0.05, 0) is 65.7 Å². The molecule has 1 aromatic rings. The molecule has 0 saturated heterocycles. The van der Waals surface area contributed by atoms with E-state index in [2.05, 4.69) is 20.7 Å². The van der Waals surface area contributed by atoms with Crippen molar-refractivity contribution in [2.75, 3.05) is 12.9 Å². The number of rotatable bonds is 6. The molecule has 0 spiro atoms. The summed E-state index contributed by atoms with van der Waals surface area (Å²) in [6.07, 6.45) is 2.39. The van der Waals surface area contributed by atoms with E-state index in [0.29, 0.717) is 23.7 Å². The second-order valence-corrected chi connectivity index (χ2v) is 9.36. The molecule has 0 heterocycles. The minimum absolute atomic E-state index is 0.0744. The first-order valence-electron chi connectivity index (χ1n) is 8.16. The third-order valence-corrected chi connectivity index (χ3v) is 6.13. The number of halogens is 2. The second kappa shape index (κ2) is 7.72. The number of benzene rings is 1. The molecule has 1 N–H and O–H groups in total. The summed E-state index contributed by atoms with van der Waals surface area (Å²) in [5, 5.41) is 0. The number of ether oxygens (including phenoxy) is 1. The number of nitrogens with one attached hydrogen (secondary N) is 1. The molecule has 5 nitrogen and oxygen atoms in total. The quantitative estimate of drug-likeness (QED) is 0.696. The van der Waals surface area contributed by atoms with Gasteiger partial charge in [0.2, 0.25) is 10.0 Å². The van der Waals surface area contributed by atoms with Crippen molar-refractivity contribution in [3.63, 3.8) is 0 Å². The van der Waals surface area contributed by atoms with Crippen molar-refractivity contribution in [3.8, 4) is 0 Å². The predicted octanol–water partition coefficient (Wildman–Crippen LogP) is 3.03. The fraction of sp³-hybridized carbons (Fsp3) is 0.588. The average Bonchev–Trinajstić information content (AvgIpc) is 2.78. The highest BCUT2D eigenvalue weighted by Gasteiger charge is 2.52. The van der Waals surface area contributed by atoms with E-state index in [-0.39, 0.29) is 30.4 Å². The Hall–Kier alpha value is -0.990. The minimum atomic E-state index is -3.36. The standard InChI is InChI=1S/C17H23BrFNO4S/c1-4-24-16(21)17(9-12-5-6-15(19)14(18)8-12)10-13(7-11(17)2)20-25(3,22)23/h5-6,8,11,13,20H,4,7,9-10H2,1-3H3/t11-,13-,17+/m0/s1.